The summed E-state index contributed by atoms with van der Waals surface area (Å²) < 4.78 is 71.3. The minimum Gasteiger partial charge on any atom is -0.463 e. The standard InChI is InChI=1S/C14H13F3N2O4S/c15-9-1-2-10-11(8-23-12(10)7-9)13(20)18-24(21,22)19-5-3-14(16,17)4-6-19/h1-2,7-8H,3-6H2,(H,18,20). The molecule has 0 atom stereocenters. The van der Waals surface area contributed by atoms with Crippen molar-refractivity contribution in [2.45, 2.75) is 18.8 Å². The molecule has 130 valence electrons. The number of nitrogens with one attached hydrogen (secondary N) is 1. The largest absolute Gasteiger partial charge is 0.463 e. The van der Waals surface area contributed by atoms with Crippen molar-refractivity contribution in [2.75, 3.05) is 13.1 Å². The number of halogens is 3. The molecule has 0 aliphatic carbocycles. The van der Waals surface area contributed by atoms with Crippen molar-refractivity contribution in [3.05, 3.63) is 35.8 Å². The summed E-state index contributed by atoms with van der Waals surface area (Å²) in [6, 6.07) is 3.46. The number of carbonyl (C=O) groups excluding carboxylic acids is 1. The van der Waals surface area contributed by atoms with Crippen molar-refractivity contribution in [1.82, 2.24) is 9.03 Å². The Bertz CT molecular complexity index is 885. The first kappa shape index (κ1) is 16.8. The first-order valence-corrected chi connectivity index (χ1v) is 8.49. The maximum absolute atomic E-state index is 13.1. The molecule has 1 fully saturated rings. The van der Waals surface area contributed by atoms with Crippen LogP contribution in [0.15, 0.2) is 28.9 Å². The Kier molecular flexibility index (Phi) is 4.04. The van der Waals surface area contributed by atoms with Crippen molar-refractivity contribution in [3.8, 4) is 0 Å². The van der Waals surface area contributed by atoms with Gasteiger partial charge in [-0.1, -0.05) is 0 Å². The number of fused-ring (bicyclic) bond motifs is 1. The van der Waals surface area contributed by atoms with Gasteiger partial charge in [-0.05, 0) is 12.1 Å². The van der Waals surface area contributed by atoms with Gasteiger partial charge in [-0.15, -0.1) is 0 Å². The zero-order valence-electron chi connectivity index (χ0n) is 12.3. The topological polar surface area (TPSA) is 79.6 Å². The number of hydrogen-bond acceptors (Lipinski definition) is 4. The van der Waals surface area contributed by atoms with Crippen molar-refractivity contribution in [1.29, 1.82) is 0 Å². The van der Waals surface area contributed by atoms with Gasteiger partial charge in [0.1, 0.15) is 17.7 Å². The van der Waals surface area contributed by atoms with Crippen LogP contribution in [0.25, 0.3) is 11.0 Å². The Balaban J connectivity index is 1.78. The summed E-state index contributed by atoms with van der Waals surface area (Å²) in [6.07, 6.45) is -0.189. The molecule has 0 saturated carbocycles. The molecule has 1 aromatic heterocycles. The van der Waals surface area contributed by atoms with Gasteiger partial charge in [0, 0.05) is 37.4 Å². The second kappa shape index (κ2) is 5.78. The monoisotopic (exact) mass is 362 g/mol. The van der Waals surface area contributed by atoms with Gasteiger partial charge in [0.15, 0.2) is 0 Å². The van der Waals surface area contributed by atoms with E-state index in [1.807, 2.05) is 4.72 Å². The quantitative estimate of drug-likeness (QED) is 0.909. The summed E-state index contributed by atoms with van der Waals surface area (Å²) in [5.41, 5.74) is 0.00563. The van der Waals surface area contributed by atoms with E-state index in [1.54, 1.807) is 0 Å². The van der Waals surface area contributed by atoms with Gasteiger partial charge < -0.3 is 4.42 Å². The van der Waals surface area contributed by atoms with E-state index in [-0.39, 0.29) is 29.6 Å². The number of benzene rings is 1. The normalized spacial score (nSPS) is 18.6. The van der Waals surface area contributed by atoms with Crippen molar-refractivity contribution >= 4 is 27.1 Å². The highest BCUT2D eigenvalue weighted by Crippen LogP contribution is 2.29. The van der Waals surface area contributed by atoms with Gasteiger partial charge >= 0.3 is 10.2 Å². The van der Waals surface area contributed by atoms with Crippen LogP contribution in [0.4, 0.5) is 13.2 Å². The predicted molar refractivity (Wildman–Crippen MR) is 78.3 cm³/mol. The SMILES string of the molecule is O=C(NS(=O)(=O)N1CCC(F)(F)CC1)c1coc2cc(F)ccc12. The lowest BCUT2D eigenvalue weighted by atomic mass is 10.1. The molecule has 2 aromatic rings. The highest BCUT2D eigenvalue weighted by molar-refractivity contribution is 7.87. The maximum Gasteiger partial charge on any atom is 0.304 e. The zero-order chi connectivity index (χ0) is 17.5. The van der Waals surface area contributed by atoms with Crippen LogP contribution in [0.2, 0.25) is 0 Å². The lowest BCUT2D eigenvalue weighted by Crippen LogP contribution is -2.49. The molecular weight excluding hydrogens is 349 g/mol. The molecule has 0 unspecified atom stereocenters. The Labute approximate surface area is 135 Å². The minimum atomic E-state index is -4.25. The third-order valence-electron chi connectivity index (χ3n) is 3.80. The summed E-state index contributed by atoms with van der Waals surface area (Å²) in [5, 5.41) is 0.245. The minimum absolute atomic E-state index is 0.0871. The number of hydrogen-bond donors (Lipinski definition) is 1. The predicted octanol–water partition coefficient (Wildman–Crippen LogP) is 2.28. The van der Waals surface area contributed by atoms with E-state index in [0.29, 0.717) is 0 Å². The van der Waals surface area contributed by atoms with Crippen molar-refractivity contribution < 1.29 is 30.8 Å². The van der Waals surface area contributed by atoms with Crippen molar-refractivity contribution in [3.63, 3.8) is 0 Å². The van der Waals surface area contributed by atoms with Gasteiger partial charge in [0.2, 0.25) is 0 Å². The Morgan fingerprint density at radius 3 is 2.58 bits per heavy atom. The summed E-state index contributed by atoms with van der Waals surface area (Å²) in [7, 11) is -4.25. The molecule has 0 radical (unpaired) electrons. The van der Waals surface area contributed by atoms with Crippen LogP contribution < -0.4 is 4.72 Å². The number of alkyl halides is 2. The van der Waals surface area contributed by atoms with E-state index in [2.05, 4.69) is 0 Å². The van der Waals surface area contributed by atoms with Crippen LogP contribution in [0.1, 0.15) is 23.2 Å². The van der Waals surface area contributed by atoms with Gasteiger partial charge in [-0.25, -0.2) is 17.9 Å². The third-order valence-corrected chi connectivity index (χ3v) is 5.29. The summed E-state index contributed by atoms with van der Waals surface area (Å²) in [4.78, 5) is 12.2. The molecular formula is C14H13F3N2O4S. The third kappa shape index (κ3) is 3.24. The number of piperidine rings is 1. The average molecular weight is 362 g/mol. The van der Waals surface area contributed by atoms with Crippen molar-refractivity contribution in [2.24, 2.45) is 0 Å². The number of nitrogens with zero attached hydrogens (tertiary/aromatic N) is 1. The highest BCUT2D eigenvalue weighted by Gasteiger charge is 2.38. The van der Waals surface area contributed by atoms with Gasteiger partial charge in [0.05, 0.1) is 5.56 Å². The van der Waals surface area contributed by atoms with Crippen LogP contribution >= 0.6 is 0 Å². The fraction of sp³-hybridized carbons (Fsp3) is 0.357. The Hall–Kier alpha value is -2.07. The van der Waals surface area contributed by atoms with Gasteiger partial charge in [0.25, 0.3) is 11.8 Å². The van der Waals surface area contributed by atoms with Crippen LogP contribution in [-0.2, 0) is 10.2 Å². The maximum atomic E-state index is 13.1. The lowest BCUT2D eigenvalue weighted by molar-refractivity contribution is -0.0412. The van der Waals surface area contributed by atoms with E-state index < -0.39 is 40.7 Å². The van der Waals surface area contributed by atoms with E-state index in [9.17, 15) is 26.4 Å². The molecule has 1 N–H and O–H groups in total. The first-order valence-electron chi connectivity index (χ1n) is 7.05. The number of carbonyl (C=O) groups is 1. The number of rotatable bonds is 3. The second-order valence-electron chi connectivity index (χ2n) is 5.48. The van der Waals surface area contributed by atoms with Crippen LogP contribution in [0, 0.1) is 5.82 Å². The molecule has 1 saturated heterocycles. The molecule has 1 aromatic carbocycles. The van der Waals surface area contributed by atoms with E-state index in [0.717, 1.165) is 22.7 Å². The van der Waals surface area contributed by atoms with Gasteiger partial charge in [-0.2, -0.15) is 12.7 Å². The summed E-state index contributed by atoms with van der Waals surface area (Å²) >= 11 is 0. The van der Waals surface area contributed by atoms with Gasteiger partial charge in [-0.3, -0.25) is 4.79 Å². The molecule has 24 heavy (non-hydrogen) atoms. The van der Waals surface area contributed by atoms with E-state index >= 15 is 0 Å². The smallest absolute Gasteiger partial charge is 0.304 e. The molecule has 0 spiro atoms. The lowest BCUT2D eigenvalue weighted by Gasteiger charge is -2.30. The molecule has 10 heteroatoms. The Morgan fingerprint density at radius 2 is 1.92 bits per heavy atom. The molecule has 6 nitrogen and oxygen atoms in total. The van der Waals surface area contributed by atoms with E-state index in [1.165, 1.54) is 6.07 Å². The number of amides is 1. The van der Waals surface area contributed by atoms with Crippen LogP contribution in [0.3, 0.4) is 0 Å². The highest BCUT2D eigenvalue weighted by atomic mass is 32.2. The van der Waals surface area contributed by atoms with E-state index in [4.69, 9.17) is 4.42 Å². The fourth-order valence-electron chi connectivity index (χ4n) is 2.47. The summed E-state index contributed by atoms with van der Waals surface area (Å²) in [5.74, 6) is -4.44. The molecule has 2 heterocycles. The molecule has 3 rings (SSSR count). The molecule has 1 aliphatic rings. The van der Waals surface area contributed by atoms with Crippen LogP contribution in [-0.4, -0.2) is 37.6 Å². The molecule has 0 bridgehead atoms. The second-order valence-corrected chi connectivity index (χ2v) is 7.15. The zero-order valence-corrected chi connectivity index (χ0v) is 13.1. The summed E-state index contributed by atoms with van der Waals surface area (Å²) in [6.45, 7) is -0.764. The molecule has 1 aliphatic heterocycles. The Morgan fingerprint density at radius 1 is 1.25 bits per heavy atom. The van der Waals surface area contributed by atoms with Crippen LogP contribution in [0.5, 0.6) is 0 Å². The molecule has 1 amide bonds. The fourth-order valence-corrected chi connectivity index (χ4v) is 3.60. The first-order chi connectivity index (χ1) is 11.2. The average Bonchev–Trinajstić information content (AvgIpc) is 2.89. The number of furan rings is 1.